The van der Waals surface area contributed by atoms with E-state index in [-0.39, 0.29) is 17.3 Å². The first kappa shape index (κ1) is 17.4. The van der Waals surface area contributed by atoms with Gasteiger partial charge in [0.25, 0.3) is 0 Å². The Balaban J connectivity index is 1.51. The monoisotopic (exact) mass is 391 g/mol. The van der Waals surface area contributed by atoms with Crippen molar-refractivity contribution in [3.8, 4) is 0 Å². The van der Waals surface area contributed by atoms with Crippen LogP contribution in [0.4, 0.5) is 14.5 Å². The van der Waals surface area contributed by atoms with Gasteiger partial charge < -0.3 is 5.32 Å². The molecule has 1 aromatic carbocycles. The summed E-state index contributed by atoms with van der Waals surface area (Å²) in [5.74, 6) is -1.75. The second-order valence-corrected chi connectivity index (χ2v) is 8.08. The van der Waals surface area contributed by atoms with Gasteiger partial charge in [-0.2, -0.15) is 0 Å². The molecule has 0 saturated carbocycles. The average Bonchev–Trinajstić information content (AvgIpc) is 3.01. The SMILES string of the molecule is O=C(CSc1ncnc2sc3c(c12)CCCC3)Nc1ccc(F)cc1F. The highest BCUT2D eigenvalue weighted by atomic mass is 32.2. The van der Waals surface area contributed by atoms with Gasteiger partial charge in [-0.15, -0.1) is 11.3 Å². The summed E-state index contributed by atoms with van der Waals surface area (Å²) in [7, 11) is 0. The molecule has 2 aromatic heterocycles. The molecule has 8 heteroatoms. The number of aromatic nitrogens is 2. The second-order valence-electron chi connectivity index (χ2n) is 6.03. The number of halogens is 2. The van der Waals surface area contributed by atoms with Crippen molar-refractivity contribution in [2.45, 2.75) is 30.7 Å². The molecule has 0 spiro atoms. The largest absolute Gasteiger partial charge is 0.323 e. The Morgan fingerprint density at radius 2 is 2.08 bits per heavy atom. The summed E-state index contributed by atoms with van der Waals surface area (Å²) >= 11 is 3.01. The normalized spacial score (nSPS) is 13.6. The topological polar surface area (TPSA) is 54.9 Å². The minimum atomic E-state index is -0.792. The number of fused-ring (bicyclic) bond motifs is 3. The van der Waals surface area contributed by atoms with Crippen molar-refractivity contribution >= 4 is 44.9 Å². The zero-order valence-corrected chi connectivity index (χ0v) is 15.4. The number of hydrogen-bond donors (Lipinski definition) is 1. The van der Waals surface area contributed by atoms with Crippen molar-refractivity contribution in [1.82, 2.24) is 9.97 Å². The number of carbonyl (C=O) groups is 1. The smallest absolute Gasteiger partial charge is 0.234 e. The van der Waals surface area contributed by atoms with Gasteiger partial charge in [0.15, 0.2) is 0 Å². The molecule has 26 heavy (non-hydrogen) atoms. The van der Waals surface area contributed by atoms with Crippen LogP contribution in [0.25, 0.3) is 10.2 Å². The number of thioether (sulfide) groups is 1. The predicted octanol–water partition coefficient (Wildman–Crippen LogP) is 4.58. The first-order valence-corrected chi connectivity index (χ1v) is 10.0. The summed E-state index contributed by atoms with van der Waals surface area (Å²) in [5.41, 5.74) is 1.28. The Morgan fingerprint density at radius 1 is 1.23 bits per heavy atom. The van der Waals surface area contributed by atoms with Crippen LogP contribution in [0, 0.1) is 11.6 Å². The van der Waals surface area contributed by atoms with Crippen molar-refractivity contribution in [1.29, 1.82) is 0 Å². The minimum Gasteiger partial charge on any atom is -0.323 e. The van der Waals surface area contributed by atoms with Gasteiger partial charge in [0, 0.05) is 16.3 Å². The molecule has 0 fully saturated rings. The van der Waals surface area contributed by atoms with Gasteiger partial charge in [0.1, 0.15) is 27.8 Å². The Morgan fingerprint density at radius 3 is 2.92 bits per heavy atom. The second kappa shape index (κ2) is 7.28. The fourth-order valence-electron chi connectivity index (χ4n) is 3.08. The number of amides is 1. The third-order valence-corrected chi connectivity index (χ3v) is 6.45. The van der Waals surface area contributed by atoms with Crippen LogP contribution in [-0.4, -0.2) is 21.6 Å². The molecule has 0 aliphatic heterocycles. The Bertz CT molecular complexity index is 990. The fraction of sp³-hybridized carbons (Fsp3) is 0.278. The maximum absolute atomic E-state index is 13.6. The van der Waals surface area contributed by atoms with Crippen LogP contribution in [-0.2, 0) is 17.6 Å². The number of aryl methyl sites for hydroxylation is 2. The van der Waals surface area contributed by atoms with E-state index in [0.717, 1.165) is 46.6 Å². The summed E-state index contributed by atoms with van der Waals surface area (Å²) in [6.45, 7) is 0. The molecule has 1 aliphatic rings. The van der Waals surface area contributed by atoms with E-state index in [1.54, 1.807) is 11.3 Å². The summed E-state index contributed by atoms with van der Waals surface area (Å²) in [6, 6.07) is 3.07. The van der Waals surface area contributed by atoms with Crippen LogP contribution in [0.5, 0.6) is 0 Å². The number of nitrogens with one attached hydrogen (secondary N) is 1. The van der Waals surface area contributed by atoms with Gasteiger partial charge in [0.05, 0.1) is 11.4 Å². The fourth-order valence-corrected chi connectivity index (χ4v) is 5.20. The quantitative estimate of drug-likeness (QED) is 0.523. The lowest BCUT2D eigenvalue weighted by Gasteiger charge is -2.11. The standard InChI is InChI=1S/C18H15F2N3OS2/c19-10-5-6-13(12(20)7-10)23-15(24)8-25-17-16-11-3-1-2-4-14(11)26-18(16)22-9-21-17/h5-7,9H,1-4,8H2,(H,23,24). The molecule has 1 aliphatic carbocycles. The first-order valence-electron chi connectivity index (χ1n) is 8.25. The third kappa shape index (κ3) is 3.43. The molecule has 134 valence electrons. The summed E-state index contributed by atoms with van der Waals surface area (Å²) in [6.07, 6.45) is 5.96. The van der Waals surface area contributed by atoms with Crippen LogP contribution >= 0.6 is 23.1 Å². The third-order valence-electron chi connectivity index (χ3n) is 4.26. The molecular weight excluding hydrogens is 376 g/mol. The van der Waals surface area contributed by atoms with Crippen molar-refractivity contribution in [2.75, 3.05) is 11.1 Å². The highest BCUT2D eigenvalue weighted by molar-refractivity contribution is 8.00. The van der Waals surface area contributed by atoms with Gasteiger partial charge in [-0.3, -0.25) is 4.79 Å². The molecule has 0 saturated heterocycles. The van der Waals surface area contributed by atoms with E-state index >= 15 is 0 Å². The molecule has 3 aromatic rings. The summed E-state index contributed by atoms with van der Waals surface area (Å²) in [4.78, 5) is 23.2. The molecule has 0 atom stereocenters. The summed E-state index contributed by atoms with van der Waals surface area (Å²) < 4.78 is 26.6. The Hall–Kier alpha value is -2.06. The molecule has 2 heterocycles. The van der Waals surface area contributed by atoms with Gasteiger partial charge in [-0.25, -0.2) is 18.7 Å². The lowest BCUT2D eigenvalue weighted by Crippen LogP contribution is -2.15. The van der Waals surface area contributed by atoms with Crippen LogP contribution < -0.4 is 5.32 Å². The van der Waals surface area contributed by atoms with E-state index in [1.165, 1.54) is 41.0 Å². The lowest BCUT2D eigenvalue weighted by atomic mass is 9.97. The van der Waals surface area contributed by atoms with Crippen molar-refractivity contribution in [3.05, 3.63) is 46.6 Å². The number of carbonyl (C=O) groups excluding carboxylic acids is 1. The number of nitrogens with zero attached hydrogens (tertiary/aromatic N) is 2. The van der Waals surface area contributed by atoms with Gasteiger partial charge in [-0.05, 0) is 43.4 Å². The highest BCUT2D eigenvalue weighted by Gasteiger charge is 2.20. The predicted molar refractivity (Wildman–Crippen MR) is 99.8 cm³/mol. The highest BCUT2D eigenvalue weighted by Crippen LogP contribution is 2.39. The molecule has 0 unspecified atom stereocenters. The van der Waals surface area contributed by atoms with Crippen LogP contribution in [0.3, 0.4) is 0 Å². The molecule has 1 N–H and O–H groups in total. The minimum absolute atomic E-state index is 0.0299. The molecule has 0 bridgehead atoms. The summed E-state index contributed by atoms with van der Waals surface area (Å²) in [5, 5.41) is 4.30. The van der Waals surface area contributed by atoms with Crippen molar-refractivity contribution < 1.29 is 13.6 Å². The lowest BCUT2D eigenvalue weighted by molar-refractivity contribution is -0.113. The Kier molecular flexibility index (Phi) is 4.86. The van der Waals surface area contributed by atoms with Gasteiger partial charge in [-0.1, -0.05) is 11.8 Å². The van der Waals surface area contributed by atoms with Crippen LogP contribution in [0.1, 0.15) is 23.3 Å². The zero-order chi connectivity index (χ0) is 18.1. The van der Waals surface area contributed by atoms with E-state index in [0.29, 0.717) is 0 Å². The molecule has 4 nitrogen and oxygen atoms in total. The van der Waals surface area contributed by atoms with Crippen LogP contribution in [0.2, 0.25) is 0 Å². The number of thiophene rings is 1. The average molecular weight is 391 g/mol. The van der Waals surface area contributed by atoms with Crippen molar-refractivity contribution in [3.63, 3.8) is 0 Å². The van der Waals surface area contributed by atoms with Gasteiger partial charge >= 0.3 is 0 Å². The van der Waals surface area contributed by atoms with Crippen molar-refractivity contribution in [2.24, 2.45) is 0 Å². The maximum atomic E-state index is 13.6. The van der Waals surface area contributed by atoms with E-state index in [9.17, 15) is 13.6 Å². The van der Waals surface area contributed by atoms with E-state index in [4.69, 9.17) is 0 Å². The van der Waals surface area contributed by atoms with Crippen LogP contribution in [0.15, 0.2) is 29.6 Å². The Labute approximate surface area is 157 Å². The number of anilines is 1. The first-order chi connectivity index (χ1) is 12.6. The number of hydrogen-bond acceptors (Lipinski definition) is 5. The molecule has 1 amide bonds. The van der Waals surface area contributed by atoms with Gasteiger partial charge in [0.2, 0.25) is 5.91 Å². The number of rotatable bonds is 4. The molecular formula is C18H15F2N3OS2. The molecule has 4 rings (SSSR count). The molecule has 0 radical (unpaired) electrons. The van der Waals surface area contributed by atoms with E-state index in [2.05, 4.69) is 15.3 Å². The zero-order valence-electron chi connectivity index (χ0n) is 13.7. The van der Waals surface area contributed by atoms with E-state index < -0.39 is 11.6 Å². The van der Waals surface area contributed by atoms with E-state index in [1.807, 2.05) is 0 Å². The maximum Gasteiger partial charge on any atom is 0.234 e. The number of benzene rings is 1.